The Hall–Kier alpha value is -1.24. The highest BCUT2D eigenvalue weighted by atomic mass is 16.5. The molecule has 0 unspecified atom stereocenters. The minimum absolute atomic E-state index is 0.0767. The van der Waals surface area contributed by atoms with Crippen molar-refractivity contribution in [1.29, 1.82) is 0 Å². The first kappa shape index (κ1) is 17.2. The van der Waals surface area contributed by atoms with Crippen molar-refractivity contribution in [2.45, 2.75) is 50.2 Å². The number of aromatic nitrogens is 2. The fourth-order valence-corrected chi connectivity index (χ4v) is 4.54. The number of likely N-dealkylation sites (tertiary alicyclic amines) is 1. The van der Waals surface area contributed by atoms with E-state index in [2.05, 4.69) is 20.2 Å². The van der Waals surface area contributed by atoms with Gasteiger partial charge in [0.05, 0.1) is 11.7 Å². The summed E-state index contributed by atoms with van der Waals surface area (Å²) in [5, 5.41) is 3.32. The number of nitrogens with zero attached hydrogens (tertiary/aromatic N) is 3. The summed E-state index contributed by atoms with van der Waals surface area (Å²) < 4.78 is 12.1. The third kappa shape index (κ3) is 4.49. The molecule has 3 fully saturated rings. The summed E-state index contributed by atoms with van der Waals surface area (Å²) in [6.45, 7) is 6.17. The van der Waals surface area contributed by atoms with E-state index in [-0.39, 0.29) is 11.7 Å². The summed E-state index contributed by atoms with van der Waals surface area (Å²) in [6, 6.07) is 1.84. The van der Waals surface area contributed by atoms with Crippen LogP contribution >= 0.6 is 0 Å². The third-order valence-electron chi connectivity index (χ3n) is 5.88. The van der Waals surface area contributed by atoms with E-state index in [4.69, 9.17) is 9.47 Å². The molecule has 25 heavy (non-hydrogen) atoms. The molecule has 0 saturated carbocycles. The van der Waals surface area contributed by atoms with Gasteiger partial charge < -0.3 is 19.7 Å². The minimum Gasteiger partial charge on any atom is -0.381 e. The molecule has 3 aliphatic rings. The number of rotatable bonds is 5. The van der Waals surface area contributed by atoms with Crippen molar-refractivity contribution in [3.8, 4) is 0 Å². The van der Waals surface area contributed by atoms with Gasteiger partial charge in [0, 0.05) is 51.8 Å². The van der Waals surface area contributed by atoms with E-state index >= 15 is 0 Å². The Morgan fingerprint density at radius 2 is 2.00 bits per heavy atom. The molecule has 0 bridgehead atoms. The molecule has 3 aliphatic heterocycles. The van der Waals surface area contributed by atoms with E-state index in [0.717, 1.165) is 38.6 Å². The zero-order valence-electron chi connectivity index (χ0n) is 15.0. The van der Waals surface area contributed by atoms with E-state index in [1.54, 1.807) is 12.4 Å². The second kappa shape index (κ2) is 7.98. The van der Waals surface area contributed by atoms with Gasteiger partial charge in [0.2, 0.25) is 5.95 Å². The maximum absolute atomic E-state index is 6.59. The van der Waals surface area contributed by atoms with Crippen LogP contribution in [-0.4, -0.2) is 66.0 Å². The molecule has 1 aromatic heterocycles. The molecule has 0 aromatic carbocycles. The predicted octanol–water partition coefficient (Wildman–Crippen LogP) is 2.33. The van der Waals surface area contributed by atoms with Crippen LogP contribution in [0.5, 0.6) is 0 Å². The fourth-order valence-electron chi connectivity index (χ4n) is 4.54. The fraction of sp³-hybridized carbons (Fsp3) is 0.789. The lowest BCUT2D eigenvalue weighted by Gasteiger charge is -2.39. The first-order chi connectivity index (χ1) is 12.3. The Labute approximate surface area is 150 Å². The van der Waals surface area contributed by atoms with Gasteiger partial charge in [-0.15, -0.1) is 0 Å². The van der Waals surface area contributed by atoms with Gasteiger partial charge in [0.1, 0.15) is 0 Å². The second-order valence-electron chi connectivity index (χ2n) is 7.81. The largest absolute Gasteiger partial charge is 0.381 e. The van der Waals surface area contributed by atoms with Gasteiger partial charge in [-0.3, -0.25) is 0 Å². The SMILES string of the molecule is c1cnc(NC[C@@H]2CCC[C@@]3(CCN(CC4CCOCC4)C3)O2)nc1. The molecular formula is C19H30N4O2. The summed E-state index contributed by atoms with van der Waals surface area (Å²) in [7, 11) is 0. The van der Waals surface area contributed by atoms with E-state index in [1.165, 1.54) is 45.2 Å². The average molecular weight is 346 g/mol. The number of hydrogen-bond donors (Lipinski definition) is 1. The summed E-state index contributed by atoms with van der Waals surface area (Å²) >= 11 is 0. The number of nitrogens with one attached hydrogen (secondary N) is 1. The van der Waals surface area contributed by atoms with Gasteiger partial charge >= 0.3 is 0 Å². The molecule has 138 valence electrons. The lowest BCUT2D eigenvalue weighted by molar-refractivity contribution is -0.115. The van der Waals surface area contributed by atoms with Gasteiger partial charge in [-0.2, -0.15) is 0 Å². The highest BCUT2D eigenvalue weighted by Crippen LogP contribution is 2.37. The number of anilines is 1. The average Bonchev–Trinajstić information content (AvgIpc) is 3.03. The van der Waals surface area contributed by atoms with Crippen LogP contribution < -0.4 is 5.32 Å². The Kier molecular flexibility index (Phi) is 5.48. The lowest BCUT2D eigenvalue weighted by atomic mass is 9.90. The van der Waals surface area contributed by atoms with Crippen molar-refractivity contribution in [2.24, 2.45) is 5.92 Å². The summed E-state index contributed by atoms with van der Waals surface area (Å²) in [6.07, 6.45) is 11.0. The molecule has 4 heterocycles. The van der Waals surface area contributed by atoms with Gasteiger partial charge in [-0.1, -0.05) is 0 Å². The minimum atomic E-state index is 0.0767. The molecule has 0 radical (unpaired) electrons. The normalized spacial score (nSPS) is 31.4. The molecular weight excluding hydrogens is 316 g/mol. The zero-order chi connectivity index (χ0) is 17.0. The Bertz CT molecular complexity index is 537. The molecule has 4 rings (SSSR count). The van der Waals surface area contributed by atoms with Crippen LogP contribution in [0.3, 0.4) is 0 Å². The molecule has 6 heteroatoms. The van der Waals surface area contributed by atoms with Crippen molar-refractivity contribution >= 4 is 5.95 Å². The van der Waals surface area contributed by atoms with Crippen molar-refractivity contribution < 1.29 is 9.47 Å². The molecule has 3 saturated heterocycles. The molecule has 0 aliphatic carbocycles. The van der Waals surface area contributed by atoms with Gasteiger partial charge in [-0.25, -0.2) is 9.97 Å². The van der Waals surface area contributed by atoms with E-state index in [0.29, 0.717) is 5.95 Å². The van der Waals surface area contributed by atoms with Crippen molar-refractivity contribution in [1.82, 2.24) is 14.9 Å². The van der Waals surface area contributed by atoms with Crippen molar-refractivity contribution in [3.63, 3.8) is 0 Å². The first-order valence-electron chi connectivity index (χ1n) is 9.80. The second-order valence-corrected chi connectivity index (χ2v) is 7.81. The van der Waals surface area contributed by atoms with Crippen LogP contribution in [0.1, 0.15) is 38.5 Å². The summed E-state index contributed by atoms with van der Waals surface area (Å²) in [5.74, 6) is 1.50. The van der Waals surface area contributed by atoms with E-state index in [9.17, 15) is 0 Å². The molecule has 0 amide bonds. The highest BCUT2D eigenvalue weighted by molar-refractivity contribution is 5.22. The van der Waals surface area contributed by atoms with Crippen molar-refractivity contribution in [3.05, 3.63) is 18.5 Å². The maximum atomic E-state index is 6.59. The van der Waals surface area contributed by atoms with Crippen molar-refractivity contribution in [2.75, 3.05) is 44.7 Å². The smallest absolute Gasteiger partial charge is 0.222 e. The summed E-state index contributed by atoms with van der Waals surface area (Å²) in [4.78, 5) is 11.1. The topological polar surface area (TPSA) is 59.5 Å². The quantitative estimate of drug-likeness (QED) is 0.883. The van der Waals surface area contributed by atoms with Gasteiger partial charge in [0.15, 0.2) is 0 Å². The van der Waals surface area contributed by atoms with Gasteiger partial charge in [0.25, 0.3) is 0 Å². The Morgan fingerprint density at radius 3 is 2.84 bits per heavy atom. The third-order valence-corrected chi connectivity index (χ3v) is 5.88. The van der Waals surface area contributed by atoms with Crippen LogP contribution in [0.4, 0.5) is 5.95 Å². The number of hydrogen-bond acceptors (Lipinski definition) is 6. The van der Waals surface area contributed by atoms with E-state index in [1.807, 2.05) is 6.07 Å². The van der Waals surface area contributed by atoms with Gasteiger partial charge in [-0.05, 0) is 50.5 Å². The molecule has 1 N–H and O–H groups in total. The maximum Gasteiger partial charge on any atom is 0.222 e. The first-order valence-corrected chi connectivity index (χ1v) is 9.80. The number of ether oxygens (including phenoxy) is 2. The molecule has 1 aromatic rings. The van der Waals surface area contributed by atoms with E-state index < -0.39 is 0 Å². The van der Waals surface area contributed by atoms with Crippen LogP contribution in [0, 0.1) is 5.92 Å². The highest BCUT2D eigenvalue weighted by Gasteiger charge is 2.43. The predicted molar refractivity (Wildman–Crippen MR) is 96.6 cm³/mol. The Morgan fingerprint density at radius 1 is 1.16 bits per heavy atom. The van der Waals surface area contributed by atoms with Crippen LogP contribution in [0.25, 0.3) is 0 Å². The lowest BCUT2D eigenvalue weighted by Crippen LogP contribution is -2.45. The van der Waals surface area contributed by atoms with Crippen LogP contribution in [0.2, 0.25) is 0 Å². The van der Waals surface area contributed by atoms with Crippen LogP contribution in [-0.2, 0) is 9.47 Å². The monoisotopic (exact) mass is 346 g/mol. The van der Waals surface area contributed by atoms with Crippen LogP contribution in [0.15, 0.2) is 18.5 Å². The zero-order valence-corrected chi connectivity index (χ0v) is 15.0. The molecule has 6 nitrogen and oxygen atoms in total. The standard InChI is InChI=1S/C19H30N4O2/c1-3-17(13-22-18-20-8-2-9-21-18)25-19(6-1)7-10-23(15-19)14-16-4-11-24-12-5-16/h2,8-9,16-17H,1,3-7,10-15H2,(H,20,21,22)/t17-,19-/m0/s1. The molecule has 2 atom stereocenters. The molecule has 1 spiro atoms. The summed E-state index contributed by atoms with van der Waals surface area (Å²) in [5.41, 5.74) is 0.0767. The Balaban J connectivity index is 1.27.